The van der Waals surface area contributed by atoms with Gasteiger partial charge in [0.2, 0.25) is 5.91 Å². The van der Waals surface area contributed by atoms with Gasteiger partial charge in [0.05, 0.1) is 5.03 Å². The summed E-state index contributed by atoms with van der Waals surface area (Å²) in [7, 11) is 0. The highest BCUT2D eigenvalue weighted by Crippen LogP contribution is 2.34. The van der Waals surface area contributed by atoms with E-state index in [1.54, 1.807) is 6.20 Å². The highest BCUT2D eigenvalue weighted by atomic mass is 32.2. The average molecular weight is 334 g/mol. The molecule has 1 N–H and O–H groups in total. The molecule has 1 atom stereocenters. The minimum atomic E-state index is -0.329. The minimum absolute atomic E-state index is 0.0132. The van der Waals surface area contributed by atoms with Gasteiger partial charge in [0.1, 0.15) is 5.25 Å². The summed E-state index contributed by atoms with van der Waals surface area (Å²) >= 11 is 1.46. The minimum Gasteiger partial charge on any atom is -0.351 e. The molecule has 3 aromatic rings. The van der Waals surface area contributed by atoms with Gasteiger partial charge in [0.15, 0.2) is 0 Å². The maximum atomic E-state index is 12.8. The van der Waals surface area contributed by atoms with Gasteiger partial charge in [-0.2, -0.15) is 0 Å². The van der Waals surface area contributed by atoms with E-state index in [9.17, 15) is 4.79 Å². The van der Waals surface area contributed by atoms with E-state index >= 15 is 0 Å². The first-order valence-electron chi connectivity index (χ1n) is 7.77. The third-order valence-electron chi connectivity index (χ3n) is 3.53. The van der Waals surface area contributed by atoms with Crippen LogP contribution in [0.25, 0.3) is 0 Å². The van der Waals surface area contributed by atoms with E-state index in [-0.39, 0.29) is 11.2 Å². The number of nitrogens with one attached hydrogen (secondary N) is 1. The van der Waals surface area contributed by atoms with Crippen molar-refractivity contribution in [2.75, 3.05) is 0 Å². The second-order valence-corrected chi connectivity index (χ2v) is 6.41. The number of benzene rings is 2. The van der Waals surface area contributed by atoms with Gasteiger partial charge < -0.3 is 5.32 Å². The van der Waals surface area contributed by atoms with Crippen LogP contribution < -0.4 is 5.32 Å². The van der Waals surface area contributed by atoms with Crippen molar-refractivity contribution in [1.82, 2.24) is 10.3 Å². The molecule has 0 aliphatic carbocycles. The van der Waals surface area contributed by atoms with Crippen LogP contribution in [0.1, 0.15) is 16.4 Å². The van der Waals surface area contributed by atoms with Crippen molar-refractivity contribution >= 4 is 17.7 Å². The van der Waals surface area contributed by atoms with Gasteiger partial charge >= 0.3 is 0 Å². The monoisotopic (exact) mass is 334 g/mol. The van der Waals surface area contributed by atoms with Crippen molar-refractivity contribution in [3.63, 3.8) is 0 Å². The maximum absolute atomic E-state index is 12.8. The smallest absolute Gasteiger partial charge is 0.238 e. The molecule has 0 saturated heterocycles. The van der Waals surface area contributed by atoms with Crippen LogP contribution in [-0.4, -0.2) is 10.9 Å². The van der Waals surface area contributed by atoms with Crippen LogP contribution in [-0.2, 0) is 11.3 Å². The zero-order chi connectivity index (χ0) is 16.6. The molecule has 4 heteroatoms. The number of rotatable bonds is 6. The van der Waals surface area contributed by atoms with Gasteiger partial charge in [-0.3, -0.25) is 4.79 Å². The molecule has 3 nitrogen and oxygen atoms in total. The number of hydrogen-bond acceptors (Lipinski definition) is 3. The number of hydrogen-bond donors (Lipinski definition) is 1. The van der Waals surface area contributed by atoms with Crippen LogP contribution in [0.3, 0.4) is 0 Å². The Bertz CT molecular complexity index is 763. The summed E-state index contributed by atoms with van der Waals surface area (Å²) in [6.07, 6.45) is 1.74. The molecule has 0 fully saturated rings. The number of carbonyl (C=O) groups is 1. The second-order valence-electron chi connectivity index (χ2n) is 5.28. The Morgan fingerprint density at radius 3 is 2.25 bits per heavy atom. The van der Waals surface area contributed by atoms with Crippen LogP contribution in [0, 0.1) is 0 Å². The lowest BCUT2D eigenvalue weighted by atomic mass is 10.1. The molecule has 0 radical (unpaired) electrons. The van der Waals surface area contributed by atoms with Gasteiger partial charge in [-0.15, -0.1) is 0 Å². The largest absolute Gasteiger partial charge is 0.351 e. The van der Waals surface area contributed by atoms with Crippen LogP contribution in [0.15, 0.2) is 90.1 Å². The molecule has 0 spiro atoms. The first-order chi connectivity index (χ1) is 11.8. The van der Waals surface area contributed by atoms with Crippen molar-refractivity contribution < 1.29 is 4.79 Å². The fourth-order valence-corrected chi connectivity index (χ4v) is 3.32. The Labute approximate surface area is 146 Å². The second kappa shape index (κ2) is 8.31. The molecule has 0 aliphatic rings. The highest BCUT2D eigenvalue weighted by Gasteiger charge is 2.22. The zero-order valence-corrected chi connectivity index (χ0v) is 13.9. The number of aromatic nitrogens is 1. The van der Waals surface area contributed by atoms with Gasteiger partial charge in [0, 0.05) is 12.7 Å². The van der Waals surface area contributed by atoms with Crippen molar-refractivity contribution in [3.05, 3.63) is 96.2 Å². The summed E-state index contributed by atoms with van der Waals surface area (Å²) in [5.41, 5.74) is 2.05. The van der Waals surface area contributed by atoms with E-state index in [2.05, 4.69) is 10.3 Å². The number of nitrogens with zero attached hydrogens (tertiary/aromatic N) is 1. The van der Waals surface area contributed by atoms with Crippen molar-refractivity contribution in [3.8, 4) is 0 Å². The standard InChI is InChI=1S/C20H18N2OS/c23-20(22-15-16-9-3-1-4-10-16)19(17-11-5-2-6-12-17)24-18-13-7-8-14-21-18/h1-14,19H,15H2,(H,22,23)/t19-/m1/s1. The van der Waals surface area contributed by atoms with Crippen LogP contribution in [0.2, 0.25) is 0 Å². The molecule has 0 bridgehead atoms. The fraction of sp³-hybridized carbons (Fsp3) is 0.100. The molecular formula is C20H18N2OS. The first-order valence-corrected chi connectivity index (χ1v) is 8.65. The van der Waals surface area contributed by atoms with Crippen molar-refractivity contribution in [1.29, 1.82) is 0 Å². The SMILES string of the molecule is O=C(NCc1ccccc1)[C@H](Sc1ccccn1)c1ccccc1. The molecule has 0 unspecified atom stereocenters. The Morgan fingerprint density at radius 1 is 0.917 bits per heavy atom. The van der Waals surface area contributed by atoms with Crippen molar-refractivity contribution in [2.45, 2.75) is 16.8 Å². The molecule has 3 rings (SSSR count). The Kier molecular flexibility index (Phi) is 5.64. The van der Waals surface area contributed by atoms with E-state index in [1.807, 2.05) is 78.9 Å². The molecule has 24 heavy (non-hydrogen) atoms. The van der Waals surface area contributed by atoms with Crippen LogP contribution in [0.4, 0.5) is 0 Å². The average Bonchev–Trinajstić information content (AvgIpc) is 2.66. The highest BCUT2D eigenvalue weighted by molar-refractivity contribution is 8.00. The van der Waals surface area contributed by atoms with E-state index in [1.165, 1.54) is 11.8 Å². The normalized spacial score (nSPS) is 11.7. The summed E-state index contributed by atoms with van der Waals surface area (Å²) in [6.45, 7) is 0.520. The number of thioether (sulfide) groups is 1. The van der Waals surface area contributed by atoms with Gasteiger partial charge in [0.25, 0.3) is 0 Å². The van der Waals surface area contributed by atoms with Crippen LogP contribution >= 0.6 is 11.8 Å². The first kappa shape index (κ1) is 16.3. The number of amides is 1. The molecule has 120 valence electrons. The number of pyridine rings is 1. The maximum Gasteiger partial charge on any atom is 0.238 e. The number of carbonyl (C=O) groups excluding carboxylic acids is 1. The summed E-state index contributed by atoms with van der Waals surface area (Å²) in [4.78, 5) is 17.1. The Hall–Kier alpha value is -2.59. The fourth-order valence-electron chi connectivity index (χ4n) is 2.32. The lowest BCUT2D eigenvalue weighted by Crippen LogP contribution is -2.27. The molecule has 1 amide bonds. The summed E-state index contributed by atoms with van der Waals surface area (Å²) in [5, 5.41) is 3.54. The van der Waals surface area contributed by atoms with Gasteiger partial charge in [-0.05, 0) is 23.3 Å². The molecule has 2 aromatic carbocycles. The molecular weight excluding hydrogens is 316 g/mol. The summed E-state index contributed by atoms with van der Waals surface area (Å²) < 4.78 is 0. The van der Waals surface area contributed by atoms with Gasteiger partial charge in [-0.1, -0.05) is 78.5 Å². The zero-order valence-electron chi connectivity index (χ0n) is 13.1. The third kappa shape index (κ3) is 4.46. The van der Waals surface area contributed by atoms with Crippen LogP contribution in [0.5, 0.6) is 0 Å². The Morgan fingerprint density at radius 2 is 1.58 bits per heavy atom. The summed E-state index contributed by atoms with van der Waals surface area (Å²) in [6, 6.07) is 25.4. The van der Waals surface area contributed by atoms with Gasteiger partial charge in [-0.25, -0.2) is 4.98 Å². The molecule has 0 saturated carbocycles. The molecule has 1 heterocycles. The Balaban J connectivity index is 1.75. The predicted molar refractivity (Wildman–Crippen MR) is 97.6 cm³/mol. The molecule has 1 aromatic heterocycles. The lowest BCUT2D eigenvalue weighted by molar-refractivity contribution is -0.120. The molecule has 0 aliphatic heterocycles. The predicted octanol–water partition coefficient (Wildman–Crippen LogP) is 4.23. The van der Waals surface area contributed by atoms with E-state index in [0.717, 1.165) is 16.2 Å². The summed E-state index contributed by atoms with van der Waals surface area (Å²) in [5.74, 6) is -0.0132. The van der Waals surface area contributed by atoms with Crippen molar-refractivity contribution in [2.24, 2.45) is 0 Å². The quantitative estimate of drug-likeness (QED) is 0.686. The van der Waals surface area contributed by atoms with E-state index < -0.39 is 0 Å². The lowest BCUT2D eigenvalue weighted by Gasteiger charge is -2.16. The van der Waals surface area contributed by atoms with E-state index in [4.69, 9.17) is 0 Å². The topological polar surface area (TPSA) is 42.0 Å². The van der Waals surface area contributed by atoms with E-state index in [0.29, 0.717) is 6.54 Å². The third-order valence-corrected chi connectivity index (χ3v) is 4.73.